The zero-order valence-electron chi connectivity index (χ0n) is 15.8. The first kappa shape index (κ1) is 19.5. The molecule has 0 bridgehead atoms. The van der Waals surface area contributed by atoms with Gasteiger partial charge in [0.05, 0.1) is 25.3 Å². The molecule has 2 N–H and O–H groups in total. The van der Waals surface area contributed by atoms with Gasteiger partial charge in [-0.1, -0.05) is 0 Å². The summed E-state index contributed by atoms with van der Waals surface area (Å²) in [5.41, 5.74) is 0.200. The molecule has 3 rings (SSSR count). The molecule has 2 aliphatic heterocycles. The van der Waals surface area contributed by atoms with Crippen molar-refractivity contribution in [2.75, 3.05) is 57.4 Å². The van der Waals surface area contributed by atoms with Crippen LogP contribution in [0.2, 0.25) is 0 Å². The van der Waals surface area contributed by atoms with Crippen LogP contribution >= 0.6 is 11.8 Å². The van der Waals surface area contributed by atoms with Crippen LogP contribution in [0.25, 0.3) is 0 Å². The molecule has 1 aromatic heterocycles. The highest BCUT2D eigenvalue weighted by Crippen LogP contribution is 2.34. The van der Waals surface area contributed by atoms with E-state index in [2.05, 4.69) is 39.3 Å². The smallest absolute Gasteiger partial charge is 0.191 e. The van der Waals surface area contributed by atoms with Crippen LogP contribution in [0.3, 0.4) is 0 Å². The molecule has 0 amide bonds. The number of aliphatic imine (C=N–C) groups is 1. The number of hydrogen-bond donors (Lipinski definition) is 2. The molecule has 1 unspecified atom stereocenters. The normalized spacial score (nSPS) is 24.7. The van der Waals surface area contributed by atoms with Crippen LogP contribution in [0.4, 0.5) is 0 Å². The van der Waals surface area contributed by atoms with E-state index in [-0.39, 0.29) is 5.54 Å². The lowest BCUT2D eigenvalue weighted by atomic mass is 9.96. The molecule has 3 heterocycles. The minimum absolute atomic E-state index is 0.200. The Hall–Kier alpha value is -1.25. The van der Waals surface area contributed by atoms with E-state index in [4.69, 9.17) is 9.73 Å². The lowest BCUT2D eigenvalue weighted by Crippen LogP contribution is -2.56. The number of rotatable bonds is 8. The molecule has 146 valence electrons. The van der Waals surface area contributed by atoms with Gasteiger partial charge in [-0.2, -0.15) is 16.9 Å². The second kappa shape index (κ2) is 10.2. The highest BCUT2D eigenvalue weighted by Gasteiger charge is 2.40. The van der Waals surface area contributed by atoms with E-state index >= 15 is 0 Å². The maximum atomic E-state index is 5.55. The third kappa shape index (κ3) is 5.37. The van der Waals surface area contributed by atoms with E-state index < -0.39 is 0 Å². The number of hydrogen-bond acceptors (Lipinski definition) is 5. The first-order chi connectivity index (χ1) is 12.8. The number of thioether (sulfide) groups is 1. The fraction of sp³-hybridized carbons (Fsp3) is 0.778. The summed E-state index contributed by atoms with van der Waals surface area (Å²) in [4.78, 5) is 7.57. The summed E-state index contributed by atoms with van der Waals surface area (Å²) in [5, 5.41) is 11.1. The quantitative estimate of drug-likeness (QED) is 0.399. The summed E-state index contributed by atoms with van der Waals surface area (Å²) in [6.07, 6.45) is 6.07. The Morgan fingerprint density at radius 2 is 2.23 bits per heavy atom. The minimum atomic E-state index is 0.200. The Morgan fingerprint density at radius 3 is 2.92 bits per heavy atom. The Kier molecular flexibility index (Phi) is 7.64. The number of nitrogens with one attached hydrogen (secondary N) is 2. The van der Waals surface area contributed by atoms with E-state index in [9.17, 15) is 0 Å². The Bertz CT molecular complexity index is 538. The molecule has 26 heavy (non-hydrogen) atoms. The molecule has 8 heteroatoms. The highest BCUT2D eigenvalue weighted by atomic mass is 32.2. The third-order valence-corrected chi connectivity index (χ3v) is 6.29. The van der Waals surface area contributed by atoms with E-state index in [1.807, 2.05) is 23.1 Å². The van der Waals surface area contributed by atoms with Crippen LogP contribution in [0.1, 0.15) is 19.8 Å². The molecule has 1 aromatic rings. The van der Waals surface area contributed by atoms with Crippen molar-refractivity contribution in [1.82, 2.24) is 25.3 Å². The maximum Gasteiger partial charge on any atom is 0.191 e. The van der Waals surface area contributed by atoms with Gasteiger partial charge in [-0.15, -0.1) is 0 Å². The maximum absolute atomic E-state index is 5.55. The molecule has 2 saturated heterocycles. The molecule has 0 saturated carbocycles. The van der Waals surface area contributed by atoms with Crippen molar-refractivity contribution in [2.45, 2.75) is 31.8 Å². The lowest BCUT2D eigenvalue weighted by Gasteiger charge is -2.42. The SMILES string of the molecule is CCNC(=NCC1(N2CCOCC2)CCSC1)NCCCn1cccn1. The fourth-order valence-electron chi connectivity index (χ4n) is 3.56. The van der Waals surface area contributed by atoms with Gasteiger partial charge in [0, 0.05) is 50.9 Å². The third-order valence-electron chi connectivity index (χ3n) is 5.06. The van der Waals surface area contributed by atoms with Gasteiger partial charge in [-0.25, -0.2) is 0 Å². The van der Waals surface area contributed by atoms with Gasteiger partial charge in [0.2, 0.25) is 0 Å². The minimum Gasteiger partial charge on any atom is -0.379 e. The van der Waals surface area contributed by atoms with Gasteiger partial charge in [0.1, 0.15) is 0 Å². The molecule has 0 aromatic carbocycles. The number of aryl methyl sites for hydroxylation is 1. The first-order valence-electron chi connectivity index (χ1n) is 9.72. The van der Waals surface area contributed by atoms with Crippen LogP contribution in [0.15, 0.2) is 23.5 Å². The topological polar surface area (TPSA) is 66.7 Å². The molecule has 2 fully saturated rings. The first-order valence-corrected chi connectivity index (χ1v) is 10.9. The Labute approximate surface area is 160 Å². The zero-order valence-corrected chi connectivity index (χ0v) is 16.6. The second-order valence-electron chi connectivity index (χ2n) is 6.87. The van der Waals surface area contributed by atoms with Crippen molar-refractivity contribution >= 4 is 17.7 Å². The van der Waals surface area contributed by atoms with Gasteiger partial charge < -0.3 is 15.4 Å². The predicted octanol–water partition coefficient (Wildman–Crippen LogP) is 1.04. The summed E-state index contributed by atoms with van der Waals surface area (Å²) in [5.74, 6) is 3.34. The van der Waals surface area contributed by atoms with E-state index in [0.717, 1.165) is 64.9 Å². The number of morpholine rings is 1. The van der Waals surface area contributed by atoms with Crippen LogP contribution in [0.5, 0.6) is 0 Å². The van der Waals surface area contributed by atoms with Crippen molar-refractivity contribution < 1.29 is 4.74 Å². The number of aromatic nitrogens is 2. The molecule has 0 aliphatic carbocycles. The monoisotopic (exact) mass is 380 g/mol. The zero-order chi connectivity index (χ0) is 18.1. The molecule has 0 spiro atoms. The molecular formula is C18H32N6OS. The van der Waals surface area contributed by atoms with E-state index in [0.29, 0.717) is 0 Å². The second-order valence-corrected chi connectivity index (χ2v) is 7.98. The standard InChI is InChI=1S/C18H32N6OS/c1-2-19-17(20-6-3-8-24-9-4-7-22-24)21-15-18(5-14-26-16-18)23-10-12-25-13-11-23/h4,7,9H,2-3,5-6,8,10-16H2,1H3,(H2,19,20,21). The molecule has 0 radical (unpaired) electrons. The van der Waals surface area contributed by atoms with Gasteiger partial charge in [0.15, 0.2) is 5.96 Å². The average molecular weight is 381 g/mol. The highest BCUT2D eigenvalue weighted by molar-refractivity contribution is 7.99. The van der Waals surface area contributed by atoms with Crippen molar-refractivity contribution in [2.24, 2.45) is 4.99 Å². The van der Waals surface area contributed by atoms with Crippen LogP contribution in [0, 0.1) is 0 Å². The van der Waals surface area contributed by atoms with Crippen molar-refractivity contribution in [3.8, 4) is 0 Å². The summed E-state index contributed by atoms with van der Waals surface area (Å²) < 4.78 is 7.52. The van der Waals surface area contributed by atoms with Crippen molar-refractivity contribution in [3.05, 3.63) is 18.5 Å². The largest absolute Gasteiger partial charge is 0.379 e. The molecule has 7 nitrogen and oxygen atoms in total. The van der Waals surface area contributed by atoms with Gasteiger partial charge in [-0.3, -0.25) is 14.6 Å². The lowest BCUT2D eigenvalue weighted by molar-refractivity contribution is -0.0104. The summed E-state index contributed by atoms with van der Waals surface area (Å²) >= 11 is 2.06. The predicted molar refractivity (Wildman–Crippen MR) is 108 cm³/mol. The summed E-state index contributed by atoms with van der Waals surface area (Å²) in [6.45, 7) is 9.43. The molecule has 1 atom stereocenters. The number of nitrogens with zero attached hydrogens (tertiary/aromatic N) is 4. The van der Waals surface area contributed by atoms with Crippen molar-refractivity contribution in [3.63, 3.8) is 0 Å². The van der Waals surface area contributed by atoms with Gasteiger partial charge in [0.25, 0.3) is 0 Å². The van der Waals surface area contributed by atoms with Crippen LogP contribution < -0.4 is 10.6 Å². The summed E-state index contributed by atoms with van der Waals surface area (Å²) in [7, 11) is 0. The van der Waals surface area contributed by atoms with Gasteiger partial charge in [-0.05, 0) is 31.6 Å². The Balaban J connectivity index is 1.52. The number of guanidine groups is 1. The van der Waals surface area contributed by atoms with Gasteiger partial charge >= 0.3 is 0 Å². The van der Waals surface area contributed by atoms with Crippen LogP contribution in [-0.2, 0) is 11.3 Å². The van der Waals surface area contributed by atoms with E-state index in [1.54, 1.807) is 0 Å². The summed E-state index contributed by atoms with van der Waals surface area (Å²) in [6, 6.07) is 1.96. The van der Waals surface area contributed by atoms with Crippen LogP contribution in [-0.4, -0.2) is 83.6 Å². The molecular weight excluding hydrogens is 348 g/mol. The number of ether oxygens (including phenoxy) is 1. The Morgan fingerprint density at radius 1 is 1.35 bits per heavy atom. The van der Waals surface area contributed by atoms with E-state index in [1.165, 1.54) is 17.9 Å². The average Bonchev–Trinajstić information content (AvgIpc) is 3.36. The fourth-order valence-corrected chi connectivity index (χ4v) is 5.02. The molecule has 2 aliphatic rings. The van der Waals surface area contributed by atoms with Crippen molar-refractivity contribution in [1.29, 1.82) is 0 Å².